The quantitative estimate of drug-likeness (QED) is 0.601. The average molecular weight is 382 g/mol. The number of hydrogen-bond acceptors (Lipinski definition) is 3. The van der Waals surface area contributed by atoms with E-state index in [1.54, 1.807) is 4.90 Å². The number of hydrogen-bond donors (Lipinski definition) is 2. The highest BCUT2D eigenvalue weighted by molar-refractivity contribution is 6.13. The lowest BCUT2D eigenvalue weighted by Gasteiger charge is -2.41. The Morgan fingerprint density at radius 1 is 1.11 bits per heavy atom. The van der Waals surface area contributed by atoms with Gasteiger partial charge in [-0.05, 0) is 56.6 Å². The molecule has 4 N–H and O–H groups in total. The number of rotatable bonds is 5. The lowest BCUT2D eigenvalue weighted by Crippen LogP contribution is -2.52. The number of nitrogens with two attached hydrogens (primary N) is 2. The zero-order valence-electron chi connectivity index (χ0n) is 15.1. The molecule has 3 atom stereocenters. The summed E-state index contributed by atoms with van der Waals surface area (Å²) in [7, 11) is 0. The first-order valence-corrected chi connectivity index (χ1v) is 9.04. The third-order valence-electron chi connectivity index (χ3n) is 5.84. The molecule has 2 amide bonds. The fourth-order valence-electron chi connectivity index (χ4n) is 4.34. The Balaban J connectivity index is 1.68. The number of benzene rings is 1. The number of carbonyl (C=O) groups excluding carboxylic acids is 2. The third kappa shape index (κ3) is 3.81. The number of nitrogens with zero attached hydrogens (tertiary/aromatic N) is 1. The van der Waals surface area contributed by atoms with E-state index in [9.17, 15) is 22.8 Å². The molecule has 0 saturated carbocycles. The van der Waals surface area contributed by atoms with E-state index >= 15 is 0 Å². The zero-order chi connectivity index (χ0) is 19.9. The van der Waals surface area contributed by atoms with Crippen molar-refractivity contribution in [3.63, 3.8) is 0 Å². The van der Waals surface area contributed by atoms with Crippen molar-refractivity contribution in [3.05, 3.63) is 41.1 Å². The molecule has 0 spiro atoms. The predicted molar refractivity (Wildman–Crippen MR) is 92.5 cm³/mol. The van der Waals surface area contributed by atoms with Gasteiger partial charge in [0.25, 0.3) is 0 Å². The van der Waals surface area contributed by atoms with Crippen LogP contribution in [0.5, 0.6) is 0 Å². The normalized spacial score (nSPS) is 25.7. The van der Waals surface area contributed by atoms with Crippen LogP contribution >= 0.6 is 0 Å². The molecule has 2 heterocycles. The molecular formula is C19H23F3N3O2. The van der Waals surface area contributed by atoms with Crippen molar-refractivity contribution in [1.82, 2.24) is 4.90 Å². The van der Waals surface area contributed by atoms with Crippen molar-refractivity contribution in [2.24, 2.45) is 17.4 Å². The predicted octanol–water partition coefficient (Wildman–Crippen LogP) is 1.82. The van der Waals surface area contributed by atoms with E-state index in [-0.39, 0.29) is 41.8 Å². The Hall–Kier alpha value is -2.09. The van der Waals surface area contributed by atoms with Gasteiger partial charge < -0.3 is 16.4 Å². The molecule has 8 heteroatoms. The van der Waals surface area contributed by atoms with Crippen LogP contribution in [-0.2, 0) is 16.0 Å². The fourth-order valence-corrected chi connectivity index (χ4v) is 4.34. The van der Waals surface area contributed by atoms with Crippen LogP contribution in [-0.4, -0.2) is 34.8 Å². The van der Waals surface area contributed by atoms with E-state index in [4.69, 9.17) is 11.5 Å². The summed E-state index contributed by atoms with van der Waals surface area (Å²) in [6.45, 7) is 1.42. The van der Waals surface area contributed by atoms with Gasteiger partial charge in [0.15, 0.2) is 11.6 Å². The van der Waals surface area contributed by atoms with E-state index in [0.717, 1.165) is 18.9 Å². The maximum absolute atomic E-state index is 13.9. The number of amides is 2. The summed E-state index contributed by atoms with van der Waals surface area (Å²) in [4.78, 5) is 25.5. The van der Waals surface area contributed by atoms with Crippen LogP contribution in [0.1, 0.15) is 38.2 Å². The van der Waals surface area contributed by atoms with Crippen LogP contribution in [0.2, 0.25) is 0 Å². The molecule has 0 aromatic heterocycles. The zero-order valence-corrected chi connectivity index (χ0v) is 15.1. The lowest BCUT2D eigenvalue weighted by molar-refractivity contribution is -0.136. The molecule has 147 valence electrons. The van der Waals surface area contributed by atoms with E-state index < -0.39 is 29.4 Å². The van der Waals surface area contributed by atoms with Crippen molar-refractivity contribution >= 4 is 11.8 Å². The van der Waals surface area contributed by atoms with Crippen LogP contribution in [0.25, 0.3) is 0 Å². The first-order chi connectivity index (χ1) is 12.7. The summed E-state index contributed by atoms with van der Waals surface area (Å²) in [6.07, 6.45) is 2.96. The molecule has 1 aromatic rings. The Morgan fingerprint density at radius 3 is 2.22 bits per heavy atom. The topological polar surface area (TPSA) is 89.4 Å². The van der Waals surface area contributed by atoms with E-state index in [0.29, 0.717) is 18.9 Å². The number of piperidine rings is 1. The maximum atomic E-state index is 13.9. The van der Waals surface area contributed by atoms with Crippen molar-refractivity contribution < 1.29 is 22.8 Å². The summed E-state index contributed by atoms with van der Waals surface area (Å²) in [5, 5.41) is 0. The molecule has 2 unspecified atom stereocenters. The van der Waals surface area contributed by atoms with Gasteiger partial charge in [-0.2, -0.15) is 0 Å². The smallest absolute Gasteiger partial charge is 0.240 e. The summed E-state index contributed by atoms with van der Waals surface area (Å²) in [5.74, 6) is -4.17. The largest absolute Gasteiger partial charge is 0.369 e. The van der Waals surface area contributed by atoms with Crippen molar-refractivity contribution in [2.45, 2.75) is 57.2 Å². The standard InChI is InChI=1S/C19H23F3N3O2/c1-9(18(24)26)19(27)25-12-2-3-13(25)5-11(4-12)17(23)7-10-6-15(21)16(22)8-14(10)20/h6,8,11-13,17H,2-5,7,23H2,1H3,(H2,24,26)/t11?,12?,13?,17-/m1/s1. The molecule has 2 aliphatic heterocycles. The van der Waals surface area contributed by atoms with Crippen LogP contribution in [0, 0.1) is 29.3 Å². The molecule has 1 aromatic carbocycles. The Kier molecular flexibility index (Phi) is 5.46. The van der Waals surface area contributed by atoms with Crippen LogP contribution in [0.4, 0.5) is 13.2 Å². The van der Waals surface area contributed by atoms with Gasteiger partial charge >= 0.3 is 0 Å². The van der Waals surface area contributed by atoms with Crippen LogP contribution in [0.3, 0.4) is 0 Å². The minimum atomic E-state index is -1.23. The van der Waals surface area contributed by atoms with E-state index in [1.807, 2.05) is 0 Å². The monoisotopic (exact) mass is 382 g/mol. The molecule has 0 aliphatic carbocycles. The van der Waals surface area contributed by atoms with Gasteiger partial charge in [0.05, 0.1) is 0 Å². The van der Waals surface area contributed by atoms with E-state index in [1.165, 1.54) is 6.92 Å². The molecule has 3 rings (SSSR count). The van der Waals surface area contributed by atoms with Crippen molar-refractivity contribution in [3.8, 4) is 0 Å². The summed E-state index contributed by atoms with van der Waals surface area (Å²) >= 11 is 0. The van der Waals surface area contributed by atoms with Gasteiger partial charge in [-0.25, -0.2) is 13.2 Å². The Bertz CT molecular complexity index is 744. The second-order valence-corrected chi connectivity index (χ2v) is 7.54. The molecule has 2 saturated heterocycles. The first-order valence-electron chi connectivity index (χ1n) is 9.04. The molecule has 2 bridgehead atoms. The molecule has 27 heavy (non-hydrogen) atoms. The van der Waals surface area contributed by atoms with Gasteiger partial charge in [0.1, 0.15) is 11.7 Å². The molecule has 2 fully saturated rings. The SMILES string of the molecule is C[C](C(N)=O)C(=O)N1C2CCC1CC([C@H](N)Cc1cc(F)c(F)cc1F)C2. The lowest BCUT2D eigenvalue weighted by atomic mass is 9.82. The molecular weight excluding hydrogens is 359 g/mol. The van der Waals surface area contributed by atoms with Crippen molar-refractivity contribution in [2.75, 3.05) is 0 Å². The van der Waals surface area contributed by atoms with Gasteiger partial charge in [0.2, 0.25) is 11.8 Å². The van der Waals surface area contributed by atoms with Gasteiger partial charge in [0, 0.05) is 24.2 Å². The summed E-state index contributed by atoms with van der Waals surface area (Å²) < 4.78 is 40.4. The number of carbonyl (C=O) groups is 2. The number of fused-ring (bicyclic) bond motifs is 2. The Labute approximate surface area is 155 Å². The number of primary amides is 1. The van der Waals surface area contributed by atoms with Crippen molar-refractivity contribution in [1.29, 1.82) is 0 Å². The van der Waals surface area contributed by atoms with Gasteiger partial charge in [-0.1, -0.05) is 0 Å². The molecule has 2 aliphatic rings. The van der Waals surface area contributed by atoms with E-state index in [2.05, 4.69) is 0 Å². The second kappa shape index (κ2) is 7.50. The minimum Gasteiger partial charge on any atom is -0.369 e. The molecule has 5 nitrogen and oxygen atoms in total. The summed E-state index contributed by atoms with van der Waals surface area (Å²) in [5.41, 5.74) is 11.5. The molecule has 1 radical (unpaired) electrons. The highest BCUT2D eigenvalue weighted by atomic mass is 19.2. The van der Waals surface area contributed by atoms with Gasteiger partial charge in [-0.3, -0.25) is 9.59 Å². The van der Waals surface area contributed by atoms with Gasteiger partial charge in [-0.15, -0.1) is 0 Å². The van der Waals surface area contributed by atoms with Crippen LogP contribution in [0.15, 0.2) is 12.1 Å². The fraction of sp³-hybridized carbons (Fsp3) is 0.526. The first kappa shape index (κ1) is 19.7. The maximum Gasteiger partial charge on any atom is 0.240 e. The van der Waals surface area contributed by atoms with Crippen LogP contribution < -0.4 is 11.5 Å². The minimum absolute atomic E-state index is 0.0125. The second-order valence-electron chi connectivity index (χ2n) is 7.54. The average Bonchev–Trinajstić information content (AvgIpc) is 2.87. The highest BCUT2D eigenvalue weighted by Gasteiger charge is 2.46. The number of halogens is 3. The summed E-state index contributed by atoms with van der Waals surface area (Å²) in [6, 6.07) is 0.854. The highest BCUT2D eigenvalue weighted by Crippen LogP contribution is 2.41. The Morgan fingerprint density at radius 2 is 1.67 bits per heavy atom. The third-order valence-corrected chi connectivity index (χ3v) is 5.84.